The van der Waals surface area contributed by atoms with E-state index in [1.165, 1.54) is 5.56 Å². The van der Waals surface area contributed by atoms with Gasteiger partial charge >= 0.3 is 0 Å². The highest BCUT2D eigenvalue weighted by atomic mass is 16.5. The molecule has 2 atom stereocenters. The highest BCUT2D eigenvalue weighted by Crippen LogP contribution is 2.35. The maximum atomic E-state index is 5.95. The molecule has 7 heteroatoms. The fraction of sp³-hybridized carbons (Fsp3) is 0.708. The molecular weight excluding hydrogens is 390 g/mol. The lowest BCUT2D eigenvalue weighted by molar-refractivity contribution is 0.107. The Balaban J connectivity index is 1.61. The fourth-order valence-electron chi connectivity index (χ4n) is 4.29. The summed E-state index contributed by atoms with van der Waals surface area (Å²) in [5, 5.41) is 6.91. The average Bonchev–Trinajstić information content (AvgIpc) is 3.14. The molecule has 0 aliphatic carbocycles. The molecule has 2 aliphatic heterocycles. The molecule has 0 saturated carbocycles. The smallest absolute Gasteiger partial charge is 0.191 e. The minimum Gasteiger partial charge on any atom is -0.494 e. The Hall–Kier alpha value is -1.99. The number of benzene rings is 1. The number of nitrogens with zero attached hydrogens (tertiary/aromatic N) is 3. The molecule has 1 aromatic carbocycles. The molecule has 2 heterocycles. The second-order valence-corrected chi connectivity index (χ2v) is 8.53. The van der Waals surface area contributed by atoms with Crippen LogP contribution in [0.3, 0.4) is 0 Å². The molecule has 1 aromatic rings. The maximum Gasteiger partial charge on any atom is 0.191 e. The molecule has 31 heavy (non-hydrogen) atoms. The first-order chi connectivity index (χ1) is 15.0. The second-order valence-electron chi connectivity index (χ2n) is 8.53. The Morgan fingerprint density at radius 1 is 1.19 bits per heavy atom. The predicted octanol–water partition coefficient (Wildman–Crippen LogP) is 2.49. The summed E-state index contributed by atoms with van der Waals surface area (Å²) < 4.78 is 11.9. The molecule has 2 aliphatic rings. The van der Waals surface area contributed by atoms with Crippen LogP contribution in [0, 0.1) is 0 Å². The molecule has 0 radical (unpaired) electrons. The van der Waals surface area contributed by atoms with Crippen LogP contribution < -0.4 is 20.1 Å². The number of piperazine rings is 1. The minimum absolute atomic E-state index is 0.225. The molecular formula is C24H41N5O2. The summed E-state index contributed by atoms with van der Waals surface area (Å²) in [6, 6.07) is 4.70. The SMILES string of the molecule is CCNC(=NCc1cc2c(cc1OCC)CC(C)O2)NCC(C)N1CCN(CC)CC1. The van der Waals surface area contributed by atoms with Gasteiger partial charge in [0.1, 0.15) is 17.6 Å². The Morgan fingerprint density at radius 3 is 2.65 bits per heavy atom. The number of hydrogen-bond acceptors (Lipinski definition) is 5. The van der Waals surface area contributed by atoms with E-state index in [2.05, 4.69) is 60.3 Å². The van der Waals surface area contributed by atoms with Gasteiger partial charge in [-0.1, -0.05) is 6.92 Å². The van der Waals surface area contributed by atoms with Gasteiger partial charge < -0.3 is 25.0 Å². The van der Waals surface area contributed by atoms with E-state index in [9.17, 15) is 0 Å². The molecule has 0 spiro atoms. The van der Waals surface area contributed by atoms with Gasteiger partial charge in [-0.2, -0.15) is 0 Å². The number of likely N-dealkylation sites (N-methyl/N-ethyl adjacent to an activating group) is 1. The zero-order valence-corrected chi connectivity index (χ0v) is 20.0. The van der Waals surface area contributed by atoms with E-state index in [0.717, 1.165) is 75.3 Å². The molecule has 2 unspecified atom stereocenters. The summed E-state index contributed by atoms with van der Waals surface area (Å²) in [6.07, 6.45) is 1.16. The van der Waals surface area contributed by atoms with Crippen molar-refractivity contribution in [3.63, 3.8) is 0 Å². The molecule has 2 N–H and O–H groups in total. The zero-order chi connectivity index (χ0) is 22.2. The van der Waals surface area contributed by atoms with E-state index >= 15 is 0 Å². The van der Waals surface area contributed by atoms with E-state index in [-0.39, 0.29) is 6.10 Å². The number of rotatable bonds is 9. The summed E-state index contributed by atoms with van der Waals surface area (Å²) in [7, 11) is 0. The van der Waals surface area contributed by atoms with Gasteiger partial charge in [0.15, 0.2) is 5.96 Å². The average molecular weight is 432 g/mol. The first-order valence-electron chi connectivity index (χ1n) is 12.0. The third-order valence-electron chi connectivity index (χ3n) is 6.17. The molecule has 0 bridgehead atoms. The van der Waals surface area contributed by atoms with Crippen LogP contribution in [-0.4, -0.2) is 80.3 Å². The number of aliphatic imine (C=N–C) groups is 1. The van der Waals surface area contributed by atoms with Crippen LogP contribution in [0.5, 0.6) is 11.5 Å². The molecule has 0 aromatic heterocycles. The van der Waals surface area contributed by atoms with Crippen LogP contribution in [-0.2, 0) is 13.0 Å². The van der Waals surface area contributed by atoms with E-state index in [1.807, 2.05) is 6.92 Å². The monoisotopic (exact) mass is 431 g/mol. The van der Waals surface area contributed by atoms with Crippen molar-refractivity contribution in [2.45, 2.75) is 59.7 Å². The highest BCUT2D eigenvalue weighted by molar-refractivity contribution is 5.79. The summed E-state index contributed by atoms with van der Waals surface area (Å²) in [4.78, 5) is 9.92. The van der Waals surface area contributed by atoms with Crippen LogP contribution in [0.25, 0.3) is 0 Å². The summed E-state index contributed by atoms with van der Waals surface area (Å²) >= 11 is 0. The van der Waals surface area contributed by atoms with Gasteiger partial charge in [0.05, 0.1) is 13.2 Å². The lowest BCUT2D eigenvalue weighted by Gasteiger charge is -2.37. The van der Waals surface area contributed by atoms with Crippen LogP contribution >= 0.6 is 0 Å². The number of hydrogen-bond donors (Lipinski definition) is 2. The van der Waals surface area contributed by atoms with E-state index < -0.39 is 0 Å². The topological polar surface area (TPSA) is 61.4 Å². The van der Waals surface area contributed by atoms with Crippen molar-refractivity contribution in [2.75, 3.05) is 52.4 Å². The fourth-order valence-corrected chi connectivity index (χ4v) is 4.29. The largest absolute Gasteiger partial charge is 0.494 e. The Kier molecular flexibility index (Phi) is 8.84. The minimum atomic E-state index is 0.225. The van der Waals surface area contributed by atoms with Crippen molar-refractivity contribution in [1.82, 2.24) is 20.4 Å². The van der Waals surface area contributed by atoms with E-state index in [0.29, 0.717) is 19.2 Å². The van der Waals surface area contributed by atoms with Gasteiger partial charge in [-0.05, 0) is 46.4 Å². The van der Waals surface area contributed by atoms with Gasteiger partial charge in [0, 0.05) is 62.9 Å². The number of guanidine groups is 1. The number of nitrogens with one attached hydrogen (secondary N) is 2. The van der Waals surface area contributed by atoms with E-state index in [1.54, 1.807) is 0 Å². The standard InChI is InChI=1S/C24H41N5O2/c1-6-25-24(26-16-18(4)29-11-9-28(7-2)10-12-29)27-17-21-15-23-20(13-19(5)31-23)14-22(21)30-8-3/h14-15,18-19H,6-13,16-17H2,1-5H3,(H2,25,26,27). The highest BCUT2D eigenvalue weighted by Gasteiger charge is 2.22. The third-order valence-corrected chi connectivity index (χ3v) is 6.17. The molecule has 0 amide bonds. The van der Waals surface area contributed by atoms with Crippen LogP contribution in [0.15, 0.2) is 17.1 Å². The quantitative estimate of drug-likeness (QED) is 0.463. The molecule has 1 saturated heterocycles. The maximum absolute atomic E-state index is 5.95. The number of ether oxygens (including phenoxy) is 2. The third kappa shape index (κ3) is 6.50. The van der Waals surface area contributed by atoms with Crippen molar-refractivity contribution < 1.29 is 9.47 Å². The number of fused-ring (bicyclic) bond motifs is 1. The molecule has 174 valence electrons. The van der Waals surface area contributed by atoms with Crippen molar-refractivity contribution in [2.24, 2.45) is 4.99 Å². The molecule has 3 rings (SSSR count). The normalized spacial score (nSPS) is 20.8. The van der Waals surface area contributed by atoms with E-state index in [4.69, 9.17) is 14.5 Å². The first kappa shape index (κ1) is 23.7. The van der Waals surface area contributed by atoms with Gasteiger partial charge in [-0.3, -0.25) is 4.90 Å². The Labute approximate surface area is 188 Å². The molecule has 7 nitrogen and oxygen atoms in total. The summed E-state index contributed by atoms with van der Waals surface area (Å²) in [6.45, 7) is 19.4. The van der Waals surface area contributed by atoms with Gasteiger partial charge in [-0.25, -0.2) is 4.99 Å². The Morgan fingerprint density at radius 2 is 1.97 bits per heavy atom. The second kappa shape index (κ2) is 11.6. The summed E-state index contributed by atoms with van der Waals surface area (Å²) in [5.41, 5.74) is 2.29. The van der Waals surface area contributed by atoms with Crippen molar-refractivity contribution >= 4 is 5.96 Å². The van der Waals surface area contributed by atoms with Crippen LogP contribution in [0.4, 0.5) is 0 Å². The zero-order valence-electron chi connectivity index (χ0n) is 20.0. The summed E-state index contributed by atoms with van der Waals surface area (Å²) in [5.74, 6) is 2.73. The molecule has 1 fully saturated rings. The predicted molar refractivity (Wildman–Crippen MR) is 127 cm³/mol. The first-order valence-corrected chi connectivity index (χ1v) is 12.0. The lowest BCUT2D eigenvalue weighted by Crippen LogP contribution is -2.53. The van der Waals surface area contributed by atoms with Crippen LogP contribution in [0.1, 0.15) is 45.7 Å². The lowest BCUT2D eigenvalue weighted by atomic mass is 10.1. The van der Waals surface area contributed by atoms with Gasteiger partial charge in [0.2, 0.25) is 0 Å². The van der Waals surface area contributed by atoms with Crippen LogP contribution in [0.2, 0.25) is 0 Å². The van der Waals surface area contributed by atoms with Crippen molar-refractivity contribution in [3.05, 3.63) is 23.3 Å². The van der Waals surface area contributed by atoms with Crippen molar-refractivity contribution in [3.8, 4) is 11.5 Å². The van der Waals surface area contributed by atoms with Gasteiger partial charge in [0.25, 0.3) is 0 Å². The Bertz CT molecular complexity index is 731. The van der Waals surface area contributed by atoms with Gasteiger partial charge in [-0.15, -0.1) is 0 Å². The van der Waals surface area contributed by atoms with Crippen molar-refractivity contribution in [1.29, 1.82) is 0 Å².